The average Bonchev–Trinajstić information content (AvgIpc) is 2.70. The quantitative estimate of drug-likeness (QED) is 0.670. The molecule has 0 saturated heterocycles. The molecule has 0 saturated carbocycles. The van der Waals surface area contributed by atoms with Gasteiger partial charge < -0.3 is 15.4 Å². The molecule has 3 N–H and O–H groups in total. The Balaban J connectivity index is 2.21. The van der Waals surface area contributed by atoms with Gasteiger partial charge in [0.25, 0.3) is 0 Å². The standard InChI is InChI=1S/C12H12N2O3/c15-7-13-11(12(16)17)6-9-5-8-3-1-2-4-10(8)14-9/h1-5,7,11,14H,6H2,(H,13,15)(H,16,17)/t11-/m0/s1. The molecule has 1 aromatic heterocycles. The van der Waals surface area contributed by atoms with Crippen LogP contribution in [0.5, 0.6) is 0 Å². The number of carboxylic acid groups (broad SMARTS) is 1. The van der Waals surface area contributed by atoms with Crippen LogP contribution in [0, 0.1) is 0 Å². The topological polar surface area (TPSA) is 82.2 Å². The Hall–Kier alpha value is -2.30. The fourth-order valence-corrected chi connectivity index (χ4v) is 1.76. The van der Waals surface area contributed by atoms with Crippen molar-refractivity contribution in [1.82, 2.24) is 10.3 Å². The first-order valence-electron chi connectivity index (χ1n) is 5.20. The molecule has 1 atom stereocenters. The monoisotopic (exact) mass is 232 g/mol. The predicted molar refractivity (Wildman–Crippen MR) is 62.6 cm³/mol. The minimum Gasteiger partial charge on any atom is -0.480 e. The van der Waals surface area contributed by atoms with Crippen molar-refractivity contribution in [1.29, 1.82) is 0 Å². The number of amides is 1. The van der Waals surface area contributed by atoms with Crippen molar-refractivity contribution < 1.29 is 14.7 Å². The molecule has 0 aliphatic heterocycles. The third kappa shape index (κ3) is 2.44. The van der Waals surface area contributed by atoms with Gasteiger partial charge in [0.2, 0.25) is 6.41 Å². The van der Waals surface area contributed by atoms with Crippen molar-refractivity contribution in [3.8, 4) is 0 Å². The van der Waals surface area contributed by atoms with Gasteiger partial charge in [-0.3, -0.25) is 4.79 Å². The second kappa shape index (κ2) is 4.69. The lowest BCUT2D eigenvalue weighted by Gasteiger charge is -2.09. The average molecular weight is 232 g/mol. The molecule has 5 nitrogen and oxygen atoms in total. The molecule has 2 aromatic rings. The van der Waals surface area contributed by atoms with E-state index in [9.17, 15) is 9.59 Å². The van der Waals surface area contributed by atoms with E-state index in [-0.39, 0.29) is 6.42 Å². The second-order valence-electron chi connectivity index (χ2n) is 3.76. The van der Waals surface area contributed by atoms with Crippen molar-refractivity contribution in [2.45, 2.75) is 12.5 Å². The van der Waals surface area contributed by atoms with Gasteiger partial charge in [-0.1, -0.05) is 18.2 Å². The molecule has 5 heteroatoms. The number of carbonyl (C=O) groups excluding carboxylic acids is 1. The summed E-state index contributed by atoms with van der Waals surface area (Å²) in [7, 11) is 0. The van der Waals surface area contributed by atoms with Crippen molar-refractivity contribution in [3.63, 3.8) is 0 Å². The number of carboxylic acids is 1. The maximum atomic E-state index is 10.9. The van der Waals surface area contributed by atoms with Crippen LogP contribution in [0.15, 0.2) is 30.3 Å². The summed E-state index contributed by atoms with van der Waals surface area (Å²) in [6.45, 7) is 0. The Morgan fingerprint density at radius 1 is 1.47 bits per heavy atom. The first kappa shape index (κ1) is 11.2. The third-order valence-corrected chi connectivity index (χ3v) is 2.58. The van der Waals surface area contributed by atoms with Gasteiger partial charge in [0, 0.05) is 17.6 Å². The number of benzene rings is 1. The summed E-state index contributed by atoms with van der Waals surface area (Å²) in [6, 6.07) is 8.66. The minimum absolute atomic E-state index is 0.239. The molecular weight excluding hydrogens is 220 g/mol. The highest BCUT2D eigenvalue weighted by molar-refractivity contribution is 5.81. The zero-order chi connectivity index (χ0) is 12.3. The molecular formula is C12H12N2O3. The van der Waals surface area contributed by atoms with Crippen LogP contribution in [0.4, 0.5) is 0 Å². The molecule has 0 spiro atoms. The molecule has 0 unspecified atom stereocenters. The summed E-state index contributed by atoms with van der Waals surface area (Å²) in [5.41, 5.74) is 1.74. The number of hydrogen-bond acceptors (Lipinski definition) is 2. The number of rotatable bonds is 5. The zero-order valence-corrected chi connectivity index (χ0v) is 9.01. The van der Waals surface area contributed by atoms with E-state index in [1.807, 2.05) is 30.3 Å². The molecule has 1 amide bonds. The van der Waals surface area contributed by atoms with E-state index in [4.69, 9.17) is 5.11 Å². The van der Waals surface area contributed by atoms with Crippen LogP contribution < -0.4 is 5.32 Å². The number of H-pyrrole nitrogens is 1. The van der Waals surface area contributed by atoms with Gasteiger partial charge in [0.15, 0.2) is 0 Å². The van der Waals surface area contributed by atoms with Crippen LogP contribution in [-0.2, 0) is 16.0 Å². The van der Waals surface area contributed by atoms with E-state index in [1.54, 1.807) is 0 Å². The van der Waals surface area contributed by atoms with Gasteiger partial charge in [-0.2, -0.15) is 0 Å². The summed E-state index contributed by atoms with van der Waals surface area (Å²) in [5, 5.41) is 12.2. The van der Waals surface area contributed by atoms with Crippen LogP contribution in [0.25, 0.3) is 10.9 Å². The molecule has 1 aromatic carbocycles. The predicted octanol–water partition coefficient (Wildman–Crippen LogP) is 0.910. The van der Waals surface area contributed by atoms with E-state index in [2.05, 4.69) is 10.3 Å². The Labute approximate surface area is 97.4 Å². The number of fused-ring (bicyclic) bond motifs is 1. The van der Waals surface area contributed by atoms with Crippen molar-refractivity contribution >= 4 is 23.3 Å². The summed E-state index contributed by atoms with van der Waals surface area (Å²) in [5.74, 6) is -1.05. The highest BCUT2D eigenvalue weighted by atomic mass is 16.4. The first-order valence-corrected chi connectivity index (χ1v) is 5.20. The van der Waals surface area contributed by atoms with Gasteiger partial charge in [0.1, 0.15) is 6.04 Å². The Morgan fingerprint density at radius 3 is 2.88 bits per heavy atom. The summed E-state index contributed by atoms with van der Waals surface area (Å²) >= 11 is 0. The molecule has 0 aliphatic rings. The Bertz CT molecular complexity index is 514. The summed E-state index contributed by atoms with van der Waals surface area (Å²) in [6.07, 6.45) is 0.643. The molecule has 0 bridgehead atoms. The smallest absolute Gasteiger partial charge is 0.326 e. The van der Waals surface area contributed by atoms with E-state index < -0.39 is 12.0 Å². The summed E-state index contributed by atoms with van der Waals surface area (Å²) < 4.78 is 0. The highest BCUT2D eigenvalue weighted by Gasteiger charge is 2.17. The zero-order valence-electron chi connectivity index (χ0n) is 9.01. The Kier molecular flexibility index (Phi) is 3.09. The van der Waals surface area contributed by atoms with E-state index >= 15 is 0 Å². The van der Waals surface area contributed by atoms with Crippen molar-refractivity contribution in [3.05, 3.63) is 36.0 Å². The van der Waals surface area contributed by atoms with Crippen molar-refractivity contribution in [2.24, 2.45) is 0 Å². The van der Waals surface area contributed by atoms with E-state index in [1.165, 1.54) is 0 Å². The minimum atomic E-state index is -1.05. The number of nitrogens with one attached hydrogen (secondary N) is 2. The number of carbonyl (C=O) groups is 2. The van der Waals surface area contributed by atoms with Crippen LogP contribution in [0.1, 0.15) is 5.69 Å². The number of aliphatic carboxylic acids is 1. The molecule has 0 aliphatic carbocycles. The van der Waals surface area contributed by atoms with Gasteiger partial charge in [-0.15, -0.1) is 0 Å². The van der Waals surface area contributed by atoms with Crippen LogP contribution in [-0.4, -0.2) is 28.5 Å². The van der Waals surface area contributed by atoms with Crippen molar-refractivity contribution in [2.75, 3.05) is 0 Å². The number of aromatic amines is 1. The maximum absolute atomic E-state index is 10.9. The lowest BCUT2D eigenvalue weighted by Crippen LogP contribution is -2.37. The van der Waals surface area contributed by atoms with Gasteiger partial charge in [0.05, 0.1) is 0 Å². The number of para-hydroxylation sites is 1. The maximum Gasteiger partial charge on any atom is 0.326 e. The third-order valence-electron chi connectivity index (χ3n) is 2.58. The normalized spacial score (nSPS) is 12.2. The fourth-order valence-electron chi connectivity index (χ4n) is 1.76. The lowest BCUT2D eigenvalue weighted by atomic mass is 10.1. The SMILES string of the molecule is O=CN[C@@H](Cc1cc2ccccc2[nH]1)C(=O)O. The second-order valence-corrected chi connectivity index (χ2v) is 3.76. The number of hydrogen-bond donors (Lipinski definition) is 3. The highest BCUT2D eigenvalue weighted by Crippen LogP contribution is 2.15. The first-order chi connectivity index (χ1) is 8.20. The number of aromatic nitrogens is 1. The molecule has 1 heterocycles. The molecule has 0 radical (unpaired) electrons. The fraction of sp³-hybridized carbons (Fsp3) is 0.167. The van der Waals surface area contributed by atoms with E-state index in [0.717, 1.165) is 16.6 Å². The van der Waals surface area contributed by atoms with E-state index in [0.29, 0.717) is 6.41 Å². The van der Waals surface area contributed by atoms with Crippen LogP contribution >= 0.6 is 0 Å². The molecule has 88 valence electrons. The molecule has 2 rings (SSSR count). The van der Waals surface area contributed by atoms with Gasteiger partial charge >= 0.3 is 5.97 Å². The van der Waals surface area contributed by atoms with Crippen LogP contribution in [0.2, 0.25) is 0 Å². The lowest BCUT2D eigenvalue weighted by molar-refractivity contribution is -0.140. The molecule has 17 heavy (non-hydrogen) atoms. The molecule has 0 fully saturated rings. The van der Waals surface area contributed by atoms with Gasteiger partial charge in [-0.05, 0) is 17.5 Å². The largest absolute Gasteiger partial charge is 0.480 e. The van der Waals surface area contributed by atoms with Crippen LogP contribution in [0.3, 0.4) is 0 Å². The Morgan fingerprint density at radius 2 is 2.24 bits per heavy atom. The van der Waals surface area contributed by atoms with Gasteiger partial charge in [-0.25, -0.2) is 4.79 Å². The summed E-state index contributed by atoms with van der Waals surface area (Å²) in [4.78, 5) is 24.3.